The Morgan fingerprint density at radius 2 is 1.89 bits per heavy atom. The van der Waals surface area contributed by atoms with Crippen molar-refractivity contribution in [2.75, 3.05) is 7.11 Å². The first kappa shape index (κ1) is 18.3. The van der Waals surface area contributed by atoms with Gasteiger partial charge >= 0.3 is 0 Å². The first-order valence-electron chi connectivity index (χ1n) is 8.85. The average Bonchev–Trinajstić information content (AvgIpc) is 3.38. The summed E-state index contributed by atoms with van der Waals surface area (Å²) in [6.45, 7) is 4.24. The molecule has 0 aliphatic rings. The van der Waals surface area contributed by atoms with Crippen molar-refractivity contribution in [1.82, 2.24) is 19.7 Å². The molecule has 0 bridgehead atoms. The van der Waals surface area contributed by atoms with Crippen LogP contribution in [-0.4, -0.2) is 26.9 Å². The second-order valence-electron chi connectivity index (χ2n) is 6.32. The zero-order chi connectivity index (χ0) is 19.5. The molecular weight excluding hydrogens is 372 g/mol. The molecule has 0 spiro atoms. The quantitative estimate of drug-likeness (QED) is 0.438. The minimum absolute atomic E-state index is 0.496. The number of aromatic nitrogens is 4. The summed E-state index contributed by atoms with van der Waals surface area (Å²) in [4.78, 5) is 4.48. The van der Waals surface area contributed by atoms with Crippen LogP contribution >= 0.6 is 11.8 Å². The Morgan fingerprint density at radius 1 is 1.07 bits per heavy atom. The molecule has 2 heterocycles. The number of imidazole rings is 1. The van der Waals surface area contributed by atoms with Crippen LogP contribution in [0.4, 0.5) is 0 Å². The predicted octanol–water partition coefficient (Wildman–Crippen LogP) is 4.84. The molecule has 0 saturated carbocycles. The predicted molar refractivity (Wildman–Crippen MR) is 109 cm³/mol. The minimum atomic E-state index is 0.496. The Morgan fingerprint density at radius 3 is 2.68 bits per heavy atom. The second-order valence-corrected chi connectivity index (χ2v) is 7.26. The van der Waals surface area contributed by atoms with E-state index in [2.05, 4.69) is 51.8 Å². The largest absolute Gasteiger partial charge is 0.497 e. The molecule has 7 heteroatoms. The van der Waals surface area contributed by atoms with Crippen molar-refractivity contribution in [1.29, 1.82) is 0 Å². The van der Waals surface area contributed by atoms with E-state index in [0.717, 1.165) is 22.2 Å². The van der Waals surface area contributed by atoms with Crippen LogP contribution in [-0.2, 0) is 5.75 Å². The lowest BCUT2D eigenvalue weighted by Gasteiger charge is -2.11. The maximum atomic E-state index is 5.81. The molecule has 0 atom stereocenters. The number of rotatable bonds is 6. The summed E-state index contributed by atoms with van der Waals surface area (Å²) in [6.07, 6.45) is 3.78. The number of hydrogen-bond donors (Lipinski definition) is 0. The molecule has 0 radical (unpaired) electrons. The fourth-order valence-corrected chi connectivity index (χ4v) is 3.67. The molecule has 0 amide bonds. The molecule has 0 N–H and O–H groups in total. The maximum absolute atomic E-state index is 5.81. The van der Waals surface area contributed by atoms with E-state index in [1.807, 2.05) is 30.5 Å². The van der Waals surface area contributed by atoms with Gasteiger partial charge in [-0.05, 0) is 55.3 Å². The molecule has 0 aliphatic heterocycles. The summed E-state index contributed by atoms with van der Waals surface area (Å²) >= 11 is 1.57. The van der Waals surface area contributed by atoms with E-state index < -0.39 is 0 Å². The van der Waals surface area contributed by atoms with Crippen LogP contribution in [0.15, 0.2) is 64.4 Å². The highest BCUT2D eigenvalue weighted by atomic mass is 32.2. The van der Waals surface area contributed by atoms with Crippen molar-refractivity contribution in [3.63, 3.8) is 0 Å². The van der Waals surface area contributed by atoms with Crippen LogP contribution < -0.4 is 4.74 Å². The molecule has 142 valence electrons. The molecule has 4 aromatic rings. The number of aryl methyl sites for hydroxylation is 1. The van der Waals surface area contributed by atoms with Gasteiger partial charge in [0.2, 0.25) is 11.8 Å². The summed E-state index contributed by atoms with van der Waals surface area (Å²) in [7, 11) is 1.64. The smallest absolute Gasteiger partial charge is 0.247 e. The topological polar surface area (TPSA) is 66.0 Å². The van der Waals surface area contributed by atoms with Crippen molar-refractivity contribution in [3.05, 3.63) is 71.9 Å². The van der Waals surface area contributed by atoms with Gasteiger partial charge in [-0.25, -0.2) is 4.98 Å². The zero-order valence-electron chi connectivity index (χ0n) is 15.9. The van der Waals surface area contributed by atoms with Gasteiger partial charge in [-0.15, -0.1) is 10.2 Å². The fourth-order valence-electron chi connectivity index (χ4n) is 2.86. The third-order valence-electron chi connectivity index (χ3n) is 4.57. The van der Waals surface area contributed by atoms with E-state index >= 15 is 0 Å². The van der Waals surface area contributed by atoms with Crippen molar-refractivity contribution in [2.45, 2.75) is 24.8 Å². The van der Waals surface area contributed by atoms with E-state index in [0.29, 0.717) is 17.5 Å². The molecule has 0 saturated heterocycles. The van der Waals surface area contributed by atoms with Crippen LogP contribution in [0.5, 0.6) is 5.75 Å². The van der Waals surface area contributed by atoms with E-state index in [4.69, 9.17) is 9.15 Å². The van der Waals surface area contributed by atoms with E-state index in [1.54, 1.807) is 25.1 Å². The SMILES string of the molecule is COc1ccc(-c2nnc(CSc3nccn3-c3cccc(C)c3C)o2)cc1. The number of benzene rings is 2. The number of hydrogen-bond acceptors (Lipinski definition) is 6. The number of methoxy groups -OCH3 is 1. The third-order valence-corrected chi connectivity index (χ3v) is 5.52. The lowest BCUT2D eigenvalue weighted by atomic mass is 10.1. The van der Waals surface area contributed by atoms with Gasteiger partial charge < -0.3 is 9.15 Å². The van der Waals surface area contributed by atoms with Gasteiger partial charge in [0, 0.05) is 18.0 Å². The summed E-state index contributed by atoms with van der Waals surface area (Å²) in [5, 5.41) is 9.20. The Hall–Kier alpha value is -3.06. The molecule has 6 nitrogen and oxygen atoms in total. The summed E-state index contributed by atoms with van der Waals surface area (Å²) < 4.78 is 13.1. The van der Waals surface area contributed by atoms with E-state index in [1.165, 1.54) is 11.1 Å². The molecule has 0 fully saturated rings. The average molecular weight is 392 g/mol. The molecule has 2 aromatic heterocycles. The number of nitrogens with zero attached hydrogens (tertiary/aromatic N) is 4. The van der Waals surface area contributed by atoms with Crippen LogP contribution in [0.1, 0.15) is 17.0 Å². The maximum Gasteiger partial charge on any atom is 0.247 e. The standard InChI is InChI=1S/C21H20N4O2S/c1-14-5-4-6-18(15(14)2)25-12-11-22-21(25)28-13-19-23-24-20(27-19)16-7-9-17(26-3)10-8-16/h4-12H,13H2,1-3H3. The highest BCUT2D eigenvalue weighted by Crippen LogP contribution is 2.27. The first-order chi connectivity index (χ1) is 13.7. The number of thioether (sulfide) groups is 1. The molecule has 28 heavy (non-hydrogen) atoms. The molecule has 4 rings (SSSR count). The van der Waals surface area contributed by atoms with Crippen LogP contribution in [0.25, 0.3) is 17.1 Å². The highest BCUT2D eigenvalue weighted by molar-refractivity contribution is 7.98. The van der Waals surface area contributed by atoms with Gasteiger partial charge in [0.05, 0.1) is 18.6 Å². The summed E-state index contributed by atoms with van der Waals surface area (Å²) in [5.74, 6) is 2.39. The summed E-state index contributed by atoms with van der Waals surface area (Å²) in [5.41, 5.74) is 4.48. The molecule has 2 aromatic carbocycles. The van der Waals surface area contributed by atoms with Crippen molar-refractivity contribution >= 4 is 11.8 Å². The van der Waals surface area contributed by atoms with Crippen LogP contribution in [0.3, 0.4) is 0 Å². The number of ether oxygens (including phenoxy) is 1. The lowest BCUT2D eigenvalue weighted by Crippen LogP contribution is -1.99. The van der Waals surface area contributed by atoms with Crippen LogP contribution in [0, 0.1) is 13.8 Å². The van der Waals surface area contributed by atoms with E-state index in [-0.39, 0.29) is 0 Å². The van der Waals surface area contributed by atoms with Gasteiger partial charge in [-0.3, -0.25) is 4.57 Å². The Balaban J connectivity index is 1.50. The zero-order valence-corrected chi connectivity index (χ0v) is 16.7. The molecule has 0 aliphatic carbocycles. The first-order valence-corrected chi connectivity index (χ1v) is 9.84. The third kappa shape index (κ3) is 3.66. The Labute approximate surface area is 167 Å². The van der Waals surface area contributed by atoms with Gasteiger partial charge in [-0.1, -0.05) is 23.9 Å². The Kier molecular flexibility index (Phi) is 5.16. The lowest BCUT2D eigenvalue weighted by molar-refractivity contribution is 0.415. The van der Waals surface area contributed by atoms with E-state index in [9.17, 15) is 0 Å². The Bertz CT molecular complexity index is 1090. The van der Waals surface area contributed by atoms with Gasteiger partial charge in [-0.2, -0.15) is 0 Å². The monoisotopic (exact) mass is 392 g/mol. The van der Waals surface area contributed by atoms with Crippen LogP contribution in [0.2, 0.25) is 0 Å². The fraction of sp³-hybridized carbons (Fsp3) is 0.190. The minimum Gasteiger partial charge on any atom is -0.497 e. The normalized spacial score (nSPS) is 11.0. The van der Waals surface area contributed by atoms with Crippen molar-refractivity contribution < 1.29 is 9.15 Å². The molecule has 0 unspecified atom stereocenters. The van der Waals surface area contributed by atoms with Crippen molar-refractivity contribution in [3.8, 4) is 22.9 Å². The molecular formula is C21H20N4O2S. The van der Waals surface area contributed by atoms with Crippen molar-refractivity contribution in [2.24, 2.45) is 0 Å². The van der Waals surface area contributed by atoms with Gasteiger partial charge in [0.15, 0.2) is 5.16 Å². The second kappa shape index (κ2) is 7.90. The summed E-state index contributed by atoms with van der Waals surface area (Å²) in [6, 6.07) is 13.8. The van der Waals surface area contributed by atoms with Gasteiger partial charge in [0.1, 0.15) is 5.75 Å². The highest BCUT2D eigenvalue weighted by Gasteiger charge is 2.13. The van der Waals surface area contributed by atoms with Gasteiger partial charge in [0.25, 0.3) is 0 Å².